The van der Waals surface area contributed by atoms with Crippen molar-refractivity contribution in [2.24, 2.45) is 34.5 Å². The van der Waals surface area contributed by atoms with E-state index in [2.05, 4.69) is 18.7 Å². The first-order valence-corrected chi connectivity index (χ1v) is 16.4. The summed E-state index contributed by atoms with van der Waals surface area (Å²) in [7, 11) is 0. The van der Waals surface area contributed by atoms with Crippen LogP contribution in [0.25, 0.3) is 0 Å². The van der Waals surface area contributed by atoms with Crippen molar-refractivity contribution in [1.29, 1.82) is 0 Å². The first-order chi connectivity index (χ1) is 18.7. The van der Waals surface area contributed by atoms with E-state index in [4.69, 9.17) is 0 Å². The fourth-order valence-electron chi connectivity index (χ4n) is 10.8. The number of aliphatic hydroxyl groups excluding tert-OH is 2. The number of hydrogen-bond donors (Lipinski definition) is 2. The normalized spacial score (nSPS) is 46.5. The molecule has 2 heterocycles. The van der Waals surface area contributed by atoms with Crippen LogP contribution in [0.1, 0.15) is 97.8 Å². The van der Waals surface area contributed by atoms with Gasteiger partial charge < -0.3 is 20.0 Å². The molecule has 0 aromatic heterocycles. The number of aliphatic hydroxyl groups is 2. The van der Waals surface area contributed by atoms with E-state index in [9.17, 15) is 19.8 Å². The van der Waals surface area contributed by atoms with Gasteiger partial charge in [0.1, 0.15) is 6.04 Å². The molecule has 2 aliphatic heterocycles. The number of hydrogen-bond acceptors (Lipinski definition) is 5. The van der Waals surface area contributed by atoms with Crippen LogP contribution < -0.4 is 0 Å². The highest BCUT2D eigenvalue weighted by atomic mass is 16.3. The molecular weight excluding hydrogens is 490 g/mol. The maximum Gasteiger partial charge on any atom is 0.245 e. The van der Waals surface area contributed by atoms with Gasteiger partial charge in [-0.1, -0.05) is 20.8 Å². The van der Waals surface area contributed by atoms with Crippen molar-refractivity contribution in [3.63, 3.8) is 0 Å². The fourth-order valence-corrected chi connectivity index (χ4v) is 10.8. The van der Waals surface area contributed by atoms with Gasteiger partial charge >= 0.3 is 0 Å². The van der Waals surface area contributed by atoms with Gasteiger partial charge in [0, 0.05) is 45.2 Å². The van der Waals surface area contributed by atoms with Gasteiger partial charge in [0.25, 0.3) is 0 Å². The van der Waals surface area contributed by atoms with Crippen LogP contribution in [0.2, 0.25) is 0 Å². The van der Waals surface area contributed by atoms with Crippen LogP contribution >= 0.6 is 0 Å². The van der Waals surface area contributed by atoms with Gasteiger partial charge in [-0.05, 0) is 105 Å². The average Bonchev–Trinajstić information content (AvgIpc) is 3.53. The zero-order chi connectivity index (χ0) is 27.5. The molecule has 7 nitrogen and oxygen atoms in total. The Hall–Kier alpha value is -1.18. The molecule has 2 N–H and O–H groups in total. The maximum absolute atomic E-state index is 13.4. The molecule has 220 valence electrons. The van der Waals surface area contributed by atoms with Gasteiger partial charge in [-0.15, -0.1) is 0 Å². The van der Waals surface area contributed by atoms with Gasteiger partial charge in [0.15, 0.2) is 0 Å². The number of carbonyl (C=O) groups is 2. The zero-order valence-corrected chi connectivity index (χ0v) is 24.7. The Balaban J connectivity index is 1.11. The molecule has 0 spiro atoms. The second-order valence-corrected chi connectivity index (χ2v) is 14.7. The highest BCUT2D eigenvalue weighted by Gasteiger charge is 2.61. The SMILES string of the molecule is CCCC(=O)N1CCC[C@H]1C(=O)N1CCN([C@H]2C[C@@]3(C)[C@@H](CC[C@@H]4[C@@H]3CC[C@]3(C)[C@@H](O)CC[C@@H]43)C[C@@H]2O)CC1. The number of piperazine rings is 1. The number of amides is 2. The summed E-state index contributed by atoms with van der Waals surface area (Å²) in [6, 6.07) is -0.111. The quantitative estimate of drug-likeness (QED) is 0.565. The second-order valence-electron chi connectivity index (χ2n) is 14.7. The number of carbonyl (C=O) groups excluding carboxylic acids is 2. The van der Waals surface area contributed by atoms with Gasteiger partial charge in [-0.2, -0.15) is 0 Å². The first-order valence-electron chi connectivity index (χ1n) is 16.4. The standard InChI is InChI=1S/C32H53N3O4/c1-4-6-29(38)35-14-5-7-25(35)30(39)34-17-15-33(16-18-34)26-20-32(3)21(19-27(26)36)8-9-22-23-10-11-28(37)31(23,2)13-12-24(22)32/h21-28,36-37H,4-20H2,1-3H3/t21-,22-,23-,24-,25-,26-,27-,28-,31-,32-/m0/s1. The molecule has 0 bridgehead atoms. The largest absolute Gasteiger partial charge is 0.393 e. The minimum atomic E-state index is -0.291. The number of fused-ring (bicyclic) bond motifs is 5. The molecule has 10 atom stereocenters. The minimum Gasteiger partial charge on any atom is -0.393 e. The van der Waals surface area contributed by atoms with E-state index in [0.717, 1.165) is 64.0 Å². The Labute approximate surface area is 235 Å². The molecule has 2 saturated heterocycles. The zero-order valence-electron chi connectivity index (χ0n) is 24.7. The Bertz CT molecular complexity index is 936. The maximum atomic E-state index is 13.4. The minimum absolute atomic E-state index is 0.108. The molecule has 0 aromatic rings. The molecule has 6 fully saturated rings. The van der Waals surface area contributed by atoms with Gasteiger partial charge in [-0.25, -0.2) is 0 Å². The summed E-state index contributed by atoms with van der Waals surface area (Å²) in [6.45, 7) is 10.6. The van der Waals surface area contributed by atoms with Crippen molar-refractivity contribution < 1.29 is 19.8 Å². The van der Waals surface area contributed by atoms with Crippen LogP contribution in [0.3, 0.4) is 0 Å². The highest BCUT2D eigenvalue weighted by Crippen LogP contribution is 2.66. The van der Waals surface area contributed by atoms with Crippen molar-refractivity contribution in [1.82, 2.24) is 14.7 Å². The van der Waals surface area contributed by atoms with Crippen LogP contribution in [-0.2, 0) is 9.59 Å². The molecule has 4 saturated carbocycles. The molecule has 0 unspecified atom stereocenters. The van der Waals surface area contributed by atoms with Crippen molar-refractivity contribution in [3.05, 3.63) is 0 Å². The van der Waals surface area contributed by atoms with Gasteiger partial charge in [-0.3, -0.25) is 14.5 Å². The van der Waals surface area contributed by atoms with Crippen LogP contribution in [0, 0.1) is 34.5 Å². The monoisotopic (exact) mass is 543 g/mol. The van der Waals surface area contributed by atoms with Crippen LogP contribution in [0.15, 0.2) is 0 Å². The molecule has 7 heteroatoms. The van der Waals surface area contributed by atoms with E-state index in [1.165, 1.54) is 25.7 Å². The third-order valence-electron chi connectivity index (χ3n) is 13.1. The molecule has 2 amide bonds. The summed E-state index contributed by atoms with van der Waals surface area (Å²) in [5.74, 6) is 2.93. The Morgan fingerprint density at radius 2 is 1.62 bits per heavy atom. The molecule has 6 rings (SSSR count). The lowest BCUT2D eigenvalue weighted by Crippen LogP contribution is -2.62. The smallest absolute Gasteiger partial charge is 0.245 e. The van der Waals surface area contributed by atoms with Crippen LogP contribution in [0.4, 0.5) is 0 Å². The highest BCUT2D eigenvalue weighted by molar-refractivity contribution is 5.88. The molecule has 0 radical (unpaired) electrons. The Morgan fingerprint density at radius 3 is 2.36 bits per heavy atom. The predicted octanol–water partition coefficient (Wildman–Crippen LogP) is 3.66. The first kappa shape index (κ1) is 28.0. The molecule has 4 aliphatic carbocycles. The molecular formula is C32H53N3O4. The van der Waals surface area contributed by atoms with Gasteiger partial charge in [0.05, 0.1) is 12.2 Å². The van der Waals surface area contributed by atoms with E-state index in [0.29, 0.717) is 43.8 Å². The summed E-state index contributed by atoms with van der Waals surface area (Å²) in [5, 5.41) is 22.2. The Morgan fingerprint density at radius 1 is 0.872 bits per heavy atom. The number of nitrogens with zero attached hydrogens (tertiary/aromatic N) is 3. The summed E-state index contributed by atoms with van der Waals surface area (Å²) < 4.78 is 0. The van der Waals surface area contributed by atoms with Crippen molar-refractivity contribution in [2.45, 2.75) is 122 Å². The van der Waals surface area contributed by atoms with Gasteiger partial charge in [0.2, 0.25) is 11.8 Å². The lowest BCUT2D eigenvalue weighted by Gasteiger charge is -2.62. The van der Waals surface area contributed by atoms with Crippen LogP contribution in [0.5, 0.6) is 0 Å². The van der Waals surface area contributed by atoms with E-state index < -0.39 is 0 Å². The summed E-state index contributed by atoms with van der Waals surface area (Å²) in [4.78, 5) is 32.3. The Kier molecular flexibility index (Phi) is 7.59. The van der Waals surface area contributed by atoms with Crippen molar-refractivity contribution in [3.8, 4) is 0 Å². The molecule has 6 aliphatic rings. The van der Waals surface area contributed by atoms with E-state index >= 15 is 0 Å². The van der Waals surface area contributed by atoms with E-state index in [-0.39, 0.29) is 46.9 Å². The summed E-state index contributed by atoms with van der Waals surface area (Å²) >= 11 is 0. The number of rotatable bonds is 4. The predicted molar refractivity (Wildman–Crippen MR) is 151 cm³/mol. The topological polar surface area (TPSA) is 84.3 Å². The van der Waals surface area contributed by atoms with Crippen molar-refractivity contribution in [2.75, 3.05) is 32.7 Å². The number of likely N-dealkylation sites (tertiary alicyclic amines) is 1. The van der Waals surface area contributed by atoms with E-state index in [1.807, 2.05) is 16.7 Å². The molecule has 39 heavy (non-hydrogen) atoms. The van der Waals surface area contributed by atoms with Crippen LogP contribution in [-0.4, -0.2) is 93.7 Å². The van der Waals surface area contributed by atoms with E-state index in [1.54, 1.807) is 0 Å². The fraction of sp³-hybridized carbons (Fsp3) is 0.938. The second kappa shape index (κ2) is 10.6. The summed E-state index contributed by atoms with van der Waals surface area (Å²) in [6.07, 6.45) is 11.6. The lowest BCUT2D eigenvalue weighted by molar-refractivity contribution is -0.158. The average molecular weight is 544 g/mol. The lowest BCUT2D eigenvalue weighted by atomic mass is 9.44. The summed E-state index contributed by atoms with van der Waals surface area (Å²) in [5.41, 5.74) is 0.357. The third-order valence-corrected chi connectivity index (χ3v) is 13.1. The van der Waals surface area contributed by atoms with Crippen molar-refractivity contribution >= 4 is 11.8 Å². The molecule has 0 aromatic carbocycles. The third kappa shape index (κ3) is 4.57.